The zero-order chi connectivity index (χ0) is 35.0. The van der Waals surface area contributed by atoms with E-state index in [0.29, 0.717) is 51.6 Å². The molecular weight excluding hydrogens is 697 g/mol. The molecule has 0 saturated carbocycles. The summed E-state index contributed by atoms with van der Waals surface area (Å²) in [5, 5.41) is 4.22. The molecule has 50 heavy (non-hydrogen) atoms. The maximum Gasteiger partial charge on any atom is 0.328 e. The van der Waals surface area contributed by atoms with Gasteiger partial charge in [-0.05, 0) is 79.2 Å². The average Bonchev–Trinajstić information content (AvgIpc) is 3.58. The molecule has 0 spiro atoms. The molecule has 12 heteroatoms. The summed E-state index contributed by atoms with van der Waals surface area (Å²) in [7, 11) is 3.11. The lowest BCUT2D eigenvalue weighted by atomic mass is 9.86. The lowest BCUT2D eigenvalue weighted by Crippen LogP contribution is -2.52. The van der Waals surface area contributed by atoms with Crippen LogP contribution in [0.3, 0.4) is 0 Å². The Morgan fingerprint density at radius 2 is 1.66 bits per heavy atom. The van der Waals surface area contributed by atoms with Crippen molar-refractivity contribution in [1.29, 1.82) is 0 Å². The number of esters is 2. The summed E-state index contributed by atoms with van der Waals surface area (Å²) >= 11 is 14.4. The number of methoxy groups -OCH3 is 2. The Morgan fingerprint density at radius 3 is 2.34 bits per heavy atom. The maximum atomic E-state index is 13.5. The number of nitrogens with one attached hydrogen (secondary N) is 1. The summed E-state index contributed by atoms with van der Waals surface area (Å²) in [6.07, 6.45) is 5.47. The van der Waals surface area contributed by atoms with E-state index in [-0.39, 0.29) is 24.9 Å². The van der Waals surface area contributed by atoms with Crippen LogP contribution in [0.15, 0.2) is 73.1 Å². The van der Waals surface area contributed by atoms with Crippen LogP contribution in [-0.2, 0) is 38.3 Å². The highest BCUT2D eigenvalue weighted by atomic mass is 35.5. The number of hydrogen-bond acceptors (Lipinski definition) is 10. The summed E-state index contributed by atoms with van der Waals surface area (Å²) in [6, 6.07) is 18.5. The Kier molecular flexibility index (Phi) is 12.3. The van der Waals surface area contributed by atoms with Gasteiger partial charge in [0.05, 0.1) is 30.7 Å². The molecule has 264 valence electrons. The van der Waals surface area contributed by atoms with Gasteiger partial charge in [-0.15, -0.1) is 11.3 Å². The van der Waals surface area contributed by atoms with Crippen LogP contribution in [0.5, 0.6) is 11.5 Å². The minimum absolute atomic E-state index is 0.0531. The molecule has 3 aliphatic rings. The SMILES string of the molecule is COc1ccc([C@H](Cc2c(Cl)cncc2Cl)OC(=O)Cc2ccc(CCNC(C(=O)O[C@H]3CN4CCC3CC4)c3ccccc3)s2)cc1OC. The molecule has 3 atom stereocenters. The number of benzene rings is 2. The molecule has 2 aromatic heterocycles. The molecule has 5 heterocycles. The van der Waals surface area contributed by atoms with Gasteiger partial charge in [0, 0.05) is 41.7 Å². The number of hydrogen-bond donors (Lipinski definition) is 1. The Labute approximate surface area is 306 Å². The second kappa shape index (κ2) is 17.0. The van der Waals surface area contributed by atoms with E-state index in [9.17, 15) is 9.59 Å². The van der Waals surface area contributed by atoms with Crippen molar-refractivity contribution >= 4 is 46.5 Å². The van der Waals surface area contributed by atoms with E-state index in [4.69, 9.17) is 42.1 Å². The molecule has 7 rings (SSSR count). The fourth-order valence-electron chi connectivity index (χ4n) is 6.68. The summed E-state index contributed by atoms with van der Waals surface area (Å²) in [5.41, 5.74) is 2.22. The number of rotatable bonds is 15. The summed E-state index contributed by atoms with van der Waals surface area (Å²) in [5.74, 6) is 0.886. The molecule has 1 N–H and O–H groups in total. The molecular formula is C38H41Cl2N3O6S. The van der Waals surface area contributed by atoms with Crippen LogP contribution in [0.25, 0.3) is 0 Å². The minimum Gasteiger partial charge on any atom is -0.493 e. The van der Waals surface area contributed by atoms with Crippen molar-refractivity contribution in [3.05, 3.63) is 110 Å². The van der Waals surface area contributed by atoms with Crippen molar-refractivity contribution in [2.45, 2.75) is 50.4 Å². The first-order valence-electron chi connectivity index (χ1n) is 16.8. The van der Waals surface area contributed by atoms with Gasteiger partial charge in [0.1, 0.15) is 18.2 Å². The molecule has 2 aromatic carbocycles. The third-order valence-electron chi connectivity index (χ3n) is 9.38. The first kappa shape index (κ1) is 36.1. The van der Waals surface area contributed by atoms with Crippen molar-refractivity contribution < 1.29 is 28.5 Å². The molecule has 3 fully saturated rings. The Morgan fingerprint density at radius 1 is 0.940 bits per heavy atom. The van der Waals surface area contributed by atoms with Gasteiger partial charge in [-0.2, -0.15) is 0 Å². The number of aromatic nitrogens is 1. The predicted molar refractivity (Wildman–Crippen MR) is 194 cm³/mol. The van der Waals surface area contributed by atoms with Crippen LogP contribution < -0.4 is 14.8 Å². The summed E-state index contributed by atoms with van der Waals surface area (Å²) in [4.78, 5) is 35.2. The second-order valence-electron chi connectivity index (χ2n) is 12.6. The van der Waals surface area contributed by atoms with Crippen LogP contribution in [0, 0.1) is 5.92 Å². The van der Waals surface area contributed by atoms with Gasteiger partial charge in [-0.3, -0.25) is 14.7 Å². The van der Waals surface area contributed by atoms with E-state index in [2.05, 4.69) is 15.2 Å². The van der Waals surface area contributed by atoms with Crippen molar-refractivity contribution in [3.63, 3.8) is 0 Å². The van der Waals surface area contributed by atoms with Gasteiger partial charge in [0.2, 0.25) is 0 Å². The molecule has 1 unspecified atom stereocenters. The number of piperidine rings is 3. The van der Waals surface area contributed by atoms with Gasteiger partial charge in [-0.1, -0.05) is 59.6 Å². The van der Waals surface area contributed by atoms with E-state index in [1.165, 1.54) is 12.4 Å². The van der Waals surface area contributed by atoms with Crippen LogP contribution in [0.1, 0.15) is 51.4 Å². The lowest BCUT2D eigenvalue weighted by Gasteiger charge is -2.44. The van der Waals surface area contributed by atoms with E-state index < -0.39 is 18.1 Å². The standard InChI is InChI=1S/C38H41Cl2N3O6S/c1-46-32-11-8-26(18-34(32)47-2)33(20-29-30(39)21-41-22-31(29)40)48-36(44)19-28-10-9-27(50-28)12-15-42-37(25-6-4-3-5-7-25)38(45)49-35-23-43-16-13-24(35)14-17-43/h3-11,18,21-22,24,33,35,37,42H,12-17,19-20,23H2,1-2H3/t33-,35-,37?/m0/s1. The van der Waals surface area contributed by atoms with Crippen LogP contribution in [0.2, 0.25) is 10.0 Å². The summed E-state index contributed by atoms with van der Waals surface area (Å²) < 4.78 is 23.1. The van der Waals surface area contributed by atoms with Crippen LogP contribution in [-0.4, -0.2) is 68.3 Å². The Hall–Kier alpha value is -3.67. The molecule has 3 saturated heterocycles. The predicted octanol–water partition coefficient (Wildman–Crippen LogP) is 7.05. The number of nitrogens with zero attached hydrogens (tertiary/aromatic N) is 2. The zero-order valence-corrected chi connectivity index (χ0v) is 30.4. The number of ether oxygens (including phenoxy) is 4. The van der Waals surface area contributed by atoms with E-state index in [0.717, 1.165) is 47.8 Å². The van der Waals surface area contributed by atoms with Crippen molar-refractivity contribution in [2.24, 2.45) is 5.92 Å². The molecule has 0 radical (unpaired) electrons. The van der Waals surface area contributed by atoms with Gasteiger partial charge >= 0.3 is 11.9 Å². The number of halogens is 2. The monoisotopic (exact) mass is 737 g/mol. The quantitative estimate of drug-likeness (QED) is 0.129. The summed E-state index contributed by atoms with van der Waals surface area (Å²) in [6.45, 7) is 3.56. The van der Waals surface area contributed by atoms with Crippen molar-refractivity contribution in [2.75, 3.05) is 40.4 Å². The highest BCUT2D eigenvalue weighted by molar-refractivity contribution is 7.12. The highest BCUT2D eigenvalue weighted by Crippen LogP contribution is 2.36. The maximum absolute atomic E-state index is 13.5. The normalized spacial score (nSPS) is 19.4. The molecule has 2 bridgehead atoms. The van der Waals surface area contributed by atoms with E-state index >= 15 is 0 Å². The van der Waals surface area contributed by atoms with E-state index in [1.807, 2.05) is 48.5 Å². The fourth-order valence-corrected chi connectivity index (χ4v) is 8.20. The zero-order valence-electron chi connectivity index (χ0n) is 28.1. The third-order valence-corrected chi connectivity index (χ3v) is 11.2. The number of thiophene rings is 1. The van der Waals surface area contributed by atoms with Crippen LogP contribution >= 0.6 is 34.5 Å². The van der Waals surface area contributed by atoms with Gasteiger partial charge in [-0.25, -0.2) is 4.79 Å². The minimum atomic E-state index is -0.695. The molecule has 4 aromatic rings. The highest BCUT2D eigenvalue weighted by Gasteiger charge is 2.38. The number of carbonyl (C=O) groups excluding carboxylic acids is 2. The smallest absolute Gasteiger partial charge is 0.328 e. The van der Waals surface area contributed by atoms with Crippen molar-refractivity contribution in [3.8, 4) is 11.5 Å². The van der Waals surface area contributed by atoms with Crippen molar-refractivity contribution in [1.82, 2.24) is 15.2 Å². The van der Waals surface area contributed by atoms with E-state index in [1.54, 1.807) is 37.7 Å². The lowest BCUT2D eigenvalue weighted by molar-refractivity contribution is -0.161. The third kappa shape index (κ3) is 8.97. The molecule has 9 nitrogen and oxygen atoms in total. The number of fused-ring (bicyclic) bond motifs is 3. The molecule has 0 amide bonds. The van der Waals surface area contributed by atoms with Gasteiger partial charge in [0.15, 0.2) is 11.5 Å². The van der Waals surface area contributed by atoms with Gasteiger partial charge in [0.25, 0.3) is 0 Å². The fraction of sp³-hybridized carbons (Fsp3) is 0.395. The molecule has 0 aliphatic carbocycles. The first-order valence-corrected chi connectivity index (χ1v) is 18.4. The number of pyridine rings is 1. The largest absolute Gasteiger partial charge is 0.493 e. The second-order valence-corrected chi connectivity index (χ2v) is 14.7. The first-order chi connectivity index (χ1) is 24.3. The molecule has 3 aliphatic heterocycles. The Balaban J connectivity index is 1.08. The topological polar surface area (TPSA) is 99.2 Å². The average molecular weight is 739 g/mol. The van der Waals surface area contributed by atoms with Crippen LogP contribution in [0.4, 0.5) is 0 Å². The van der Waals surface area contributed by atoms with Gasteiger partial charge < -0.3 is 24.3 Å². The number of carbonyl (C=O) groups is 2. The Bertz CT molecular complexity index is 1740.